The molecule has 6 nitrogen and oxygen atoms in total. The number of carbonyl (C=O) groups excluding carboxylic acids is 1. The number of sulfonamides is 1. The molecule has 1 atom stereocenters. The number of hydrogen-bond acceptors (Lipinski definition) is 4. The summed E-state index contributed by atoms with van der Waals surface area (Å²) < 4.78 is 43.6. The van der Waals surface area contributed by atoms with Crippen LogP contribution in [0.25, 0.3) is 0 Å². The maximum Gasteiger partial charge on any atom is 0.244 e. The predicted molar refractivity (Wildman–Crippen MR) is 88.4 cm³/mol. The summed E-state index contributed by atoms with van der Waals surface area (Å²) in [7, 11) is -3.73. The standard InChI is InChI=1S/C16H19FN2O4S/c1-3-15(16(20)18-11-14-5-4-10-23-14)19(24(2,21)22)13-8-6-12(17)7-9-13/h4-10,15H,3,11H2,1-2H3,(H,18,20)/t15-/m0/s1. The summed E-state index contributed by atoms with van der Waals surface area (Å²) in [6.45, 7) is 1.86. The molecule has 0 fully saturated rings. The quantitative estimate of drug-likeness (QED) is 0.827. The minimum absolute atomic E-state index is 0.156. The summed E-state index contributed by atoms with van der Waals surface area (Å²) in [6, 6.07) is 7.43. The van der Waals surface area contributed by atoms with E-state index in [2.05, 4.69) is 5.32 Å². The van der Waals surface area contributed by atoms with Crippen molar-refractivity contribution in [2.45, 2.75) is 25.9 Å². The van der Waals surface area contributed by atoms with E-state index in [9.17, 15) is 17.6 Å². The average Bonchev–Trinajstić information content (AvgIpc) is 3.03. The van der Waals surface area contributed by atoms with E-state index in [1.807, 2.05) is 0 Å². The maximum absolute atomic E-state index is 13.1. The third-order valence-corrected chi connectivity index (χ3v) is 4.61. The van der Waals surface area contributed by atoms with E-state index >= 15 is 0 Å². The third-order valence-electron chi connectivity index (χ3n) is 3.43. The number of carbonyl (C=O) groups is 1. The van der Waals surface area contributed by atoms with E-state index in [-0.39, 0.29) is 18.7 Å². The van der Waals surface area contributed by atoms with Crippen molar-refractivity contribution in [2.75, 3.05) is 10.6 Å². The highest BCUT2D eigenvalue weighted by Crippen LogP contribution is 2.22. The maximum atomic E-state index is 13.1. The Bertz CT molecular complexity index is 773. The zero-order valence-corrected chi connectivity index (χ0v) is 14.2. The lowest BCUT2D eigenvalue weighted by atomic mass is 10.2. The summed E-state index contributed by atoms with van der Waals surface area (Å²) in [4.78, 5) is 12.5. The molecule has 0 aliphatic carbocycles. The van der Waals surface area contributed by atoms with Gasteiger partial charge in [0, 0.05) is 0 Å². The van der Waals surface area contributed by atoms with E-state index < -0.39 is 27.8 Å². The van der Waals surface area contributed by atoms with Crippen LogP contribution in [0.2, 0.25) is 0 Å². The van der Waals surface area contributed by atoms with Crippen LogP contribution in [0.1, 0.15) is 19.1 Å². The first-order valence-electron chi connectivity index (χ1n) is 7.38. The van der Waals surface area contributed by atoms with Gasteiger partial charge in [-0.1, -0.05) is 6.92 Å². The summed E-state index contributed by atoms with van der Waals surface area (Å²) in [5.41, 5.74) is 0.235. The van der Waals surface area contributed by atoms with Crippen LogP contribution in [0.3, 0.4) is 0 Å². The first-order valence-corrected chi connectivity index (χ1v) is 9.23. The molecule has 1 N–H and O–H groups in total. The van der Waals surface area contributed by atoms with Gasteiger partial charge >= 0.3 is 0 Å². The number of nitrogens with one attached hydrogen (secondary N) is 1. The van der Waals surface area contributed by atoms with Crippen molar-refractivity contribution in [1.29, 1.82) is 0 Å². The lowest BCUT2D eigenvalue weighted by molar-refractivity contribution is -0.122. The molecule has 0 aliphatic rings. The van der Waals surface area contributed by atoms with Crippen LogP contribution in [0.4, 0.5) is 10.1 Å². The number of benzene rings is 1. The number of furan rings is 1. The van der Waals surface area contributed by atoms with Crippen LogP contribution in [0.15, 0.2) is 47.1 Å². The number of halogens is 1. The Balaban J connectivity index is 2.25. The molecule has 0 spiro atoms. The number of hydrogen-bond donors (Lipinski definition) is 1. The zero-order valence-electron chi connectivity index (χ0n) is 13.4. The summed E-state index contributed by atoms with van der Waals surface area (Å²) in [5, 5.41) is 2.66. The van der Waals surface area contributed by atoms with Crippen LogP contribution in [0, 0.1) is 5.82 Å². The van der Waals surface area contributed by atoms with Crippen LogP contribution < -0.4 is 9.62 Å². The van der Waals surface area contributed by atoms with Gasteiger partial charge < -0.3 is 9.73 Å². The van der Waals surface area contributed by atoms with Crippen LogP contribution in [-0.4, -0.2) is 26.6 Å². The molecule has 8 heteroatoms. The smallest absolute Gasteiger partial charge is 0.244 e. The number of nitrogens with zero attached hydrogens (tertiary/aromatic N) is 1. The minimum Gasteiger partial charge on any atom is -0.467 e. The second-order valence-electron chi connectivity index (χ2n) is 5.26. The van der Waals surface area contributed by atoms with Crippen molar-refractivity contribution in [2.24, 2.45) is 0 Å². The highest BCUT2D eigenvalue weighted by atomic mass is 32.2. The average molecular weight is 354 g/mol. The van der Waals surface area contributed by atoms with E-state index in [4.69, 9.17) is 4.42 Å². The first-order chi connectivity index (χ1) is 11.3. The Morgan fingerprint density at radius 3 is 2.46 bits per heavy atom. The Hall–Kier alpha value is -2.35. The molecule has 0 saturated carbocycles. The van der Waals surface area contributed by atoms with Crippen LogP contribution in [-0.2, 0) is 21.4 Å². The summed E-state index contributed by atoms with van der Waals surface area (Å²) >= 11 is 0. The molecule has 1 aromatic heterocycles. The van der Waals surface area contributed by atoms with E-state index in [1.165, 1.54) is 18.4 Å². The Labute approximate surface area is 140 Å². The summed E-state index contributed by atoms with van der Waals surface area (Å²) in [5.74, 6) is -0.378. The van der Waals surface area contributed by atoms with Gasteiger partial charge in [-0.2, -0.15) is 0 Å². The second-order valence-corrected chi connectivity index (χ2v) is 7.12. The van der Waals surface area contributed by atoms with Gasteiger partial charge in [0.1, 0.15) is 17.6 Å². The largest absolute Gasteiger partial charge is 0.467 e. The van der Waals surface area contributed by atoms with Gasteiger partial charge in [-0.05, 0) is 42.8 Å². The molecule has 2 aromatic rings. The van der Waals surface area contributed by atoms with Crippen molar-refractivity contribution in [3.63, 3.8) is 0 Å². The molecule has 0 unspecified atom stereocenters. The highest BCUT2D eigenvalue weighted by Gasteiger charge is 2.31. The van der Waals surface area contributed by atoms with E-state index in [0.717, 1.165) is 22.7 Å². The van der Waals surface area contributed by atoms with Gasteiger partial charge in [0.2, 0.25) is 15.9 Å². The second kappa shape index (κ2) is 7.48. The fraction of sp³-hybridized carbons (Fsp3) is 0.312. The molecule has 0 aliphatic heterocycles. The molecule has 1 amide bonds. The lowest BCUT2D eigenvalue weighted by Crippen LogP contribution is -2.49. The molecular formula is C16H19FN2O4S. The molecule has 24 heavy (non-hydrogen) atoms. The summed E-state index contributed by atoms with van der Waals surface area (Å²) in [6.07, 6.45) is 2.76. The number of anilines is 1. The Morgan fingerprint density at radius 2 is 1.96 bits per heavy atom. The van der Waals surface area contributed by atoms with E-state index in [0.29, 0.717) is 5.76 Å². The van der Waals surface area contributed by atoms with Gasteiger partial charge in [-0.25, -0.2) is 12.8 Å². The van der Waals surface area contributed by atoms with Gasteiger partial charge in [-0.15, -0.1) is 0 Å². The molecule has 1 heterocycles. The molecular weight excluding hydrogens is 335 g/mol. The first kappa shape index (κ1) is 18.0. The highest BCUT2D eigenvalue weighted by molar-refractivity contribution is 7.92. The molecule has 2 rings (SSSR count). The van der Waals surface area contributed by atoms with Crippen molar-refractivity contribution in [1.82, 2.24) is 5.32 Å². The number of rotatable bonds is 7. The van der Waals surface area contributed by atoms with Crippen molar-refractivity contribution in [3.05, 3.63) is 54.2 Å². The van der Waals surface area contributed by atoms with E-state index in [1.54, 1.807) is 19.1 Å². The fourth-order valence-corrected chi connectivity index (χ4v) is 3.57. The van der Waals surface area contributed by atoms with Crippen molar-refractivity contribution >= 4 is 21.6 Å². The molecule has 0 bridgehead atoms. The van der Waals surface area contributed by atoms with Gasteiger partial charge in [0.25, 0.3) is 0 Å². The molecule has 130 valence electrons. The Kier molecular flexibility index (Phi) is 5.61. The SMILES string of the molecule is CC[C@@H](C(=O)NCc1ccco1)N(c1ccc(F)cc1)S(C)(=O)=O. The minimum atomic E-state index is -3.73. The van der Waals surface area contributed by atoms with Gasteiger partial charge in [0.15, 0.2) is 0 Å². The zero-order chi connectivity index (χ0) is 17.7. The van der Waals surface area contributed by atoms with Gasteiger partial charge in [0.05, 0.1) is 24.8 Å². The molecule has 0 saturated heterocycles. The number of amides is 1. The molecule has 0 radical (unpaired) electrons. The van der Waals surface area contributed by atoms with Crippen LogP contribution >= 0.6 is 0 Å². The van der Waals surface area contributed by atoms with Crippen molar-refractivity contribution in [3.8, 4) is 0 Å². The van der Waals surface area contributed by atoms with Crippen LogP contribution in [0.5, 0.6) is 0 Å². The normalized spacial score (nSPS) is 12.6. The predicted octanol–water partition coefficient (Wildman–Crippen LogP) is 2.28. The fourth-order valence-electron chi connectivity index (χ4n) is 2.35. The topological polar surface area (TPSA) is 79.6 Å². The third kappa shape index (κ3) is 4.35. The van der Waals surface area contributed by atoms with Gasteiger partial charge in [-0.3, -0.25) is 9.10 Å². The lowest BCUT2D eigenvalue weighted by Gasteiger charge is -2.30. The Morgan fingerprint density at radius 1 is 1.29 bits per heavy atom. The monoisotopic (exact) mass is 354 g/mol. The van der Waals surface area contributed by atoms with Crippen molar-refractivity contribution < 1.29 is 22.0 Å². The molecule has 1 aromatic carbocycles.